The number of carboxylic acids is 3. The van der Waals surface area contributed by atoms with Crippen LogP contribution in [-0.4, -0.2) is 199 Å². The Labute approximate surface area is 472 Å². The monoisotopic (exact) mass is 1170 g/mol. The first-order chi connectivity index (χ1) is 37.4. The quantitative estimate of drug-likeness (QED) is 0.0296. The number of rotatable bonds is 33. The standard InChI is InChI=1S/C49H75N11O18S2/c1-22(2)14-28(50)48(76)60-13-7-8-35(60)46(74)57-33(20-79)44(72)55-31(17-37(64)65)42(70)52-24(5)40(68)53-30(16-26-9-11-27(62)12-10-26)41(69)51-19-36(63)59-39(25(6)61)47(75)58-34(21-80)45(73)54-29(15-23(3)4)43(71)56-32(49(77)78)18-38(66)67/h9-12,22-25,28-35,39,61-62,79-80H,7-8,13-21,50H2,1-6H3,(H,51,69)(H,52,70)(H,53,68)(H,54,73)(H,55,72)(H,56,71)(H,57,74)(H,58,75)(H,59,63)(H,64,65)(H,66,67)(H,77,78)/t24-,25+,28-,29-,30-,31-,32-,33-,34-,35-,39-/m0/s1. The molecule has 0 saturated carbocycles. The average molecular weight is 1170 g/mol. The predicted octanol–water partition coefficient (Wildman–Crippen LogP) is -4.37. The molecular weight excluding hydrogens is 1090 g/mol. The maximum absolute atomic E-state index is 13.7. The third-order valence-electron chi connectivity index (χ3n) is 12.1. The predicted molar refractivity (Wildman–Crippen MR) is 289 cm³/mol. The molecule has 1 aromatic rings. The number of aliphatic carboxylic acids is 3. The summed E-state index contributed by atoms with van der Waals surface area (Å²) < 4.78 is 0. The lowest BCUT2D eigenvalue weighted by molar-refractivity contribution is -0.147. The molecule has 0 aromatic heterocycles. The topological polar surface area (TPSA) is 461 Å². The minimum atomic E-state index is -1.84. The fraction of sp³-hybridized carbons (Fsp3) is 0.612. The fourth-order valence-electron chi connectivity index (χ4n) is 7.99. The highest BCUT2D eigenvalue weighted by Crippen LogP contribution is 2.20. The number of aliphatic hydroxyl groups is 1. The van der Waals surface area contributed by atoms with E-state index in [0.717, 1.165) is 6.92 Å². The van der Waals surface area contributed by atoms with Gasteiger partial charge in [-0.15, -0.1) is 0 Å². The lowest BCUT2D eigenvalue weighted by Crippen LogP contribution is -2.61. The van der Waals surface area contributed by atoms with Crippen molar-refractivity contribution in [2.75, 3.05) is 24.6 Å². The van der Waals surface area contributed by atoms with Crippen molar-refractivity contribution in [3.05, 3.63) is 29.8 Å². The Morgan fingerprint density at radius 2 is 1.09 bits per heavy atom. The lowest BCUT2D eigenvalue weighted by atomic mass is 10.0. The van der Waals surface area contributed by atoms with Gasteiger partial charge in [-0.1, -0.05) is 39.8 Å². The molecule has 1 fully saturated rings. The summed E-state index contributed by atoms with van der Waals surface area (Å²) in [6, 6.07) is -9.34. The summed E-state index contributed by atoms with van der Waals surface area (Å²) in [5, 5.41) is 69.1. The number of carboxylic acid groups (broad SMARTS) is 3. The van der Waals surface area contributed by atoms with Gasteiger partial charge in [-0.25, -0.2) is 4.79 Å². The van der Waals surface area contributed by atoms with E-state index in [1.807, 2.05) is 13.8 Å². The number of thiol groups is 2. The van der Waals surface area contributed by atoms with Crippen molar-refractivity contribution in [1.82, 2.24) is 52.8 Å². The molecule has 1 aromatic carbocycles. The Kier molecular flexibility index (Phi) is 28.7. The summed E-state index contributed by atoms with van der Waals surface area (Å²) in [4.78, 5) is 170. The van der Waals surface area contributed by atoms with Crippen LogP contribution in [0.4, 0.5) is 0 Å². The van der Waals surface area contributed by atoms with E-state index in [0.29, 0.717) is 18.4 Å². The van der Waals surface area contributed by atoms with Gasteiger partial charge >= 0.3 is 17.9 Å². The molecule has 1 saturated heterocycles. The Hall–Kier alpha value is -7.25. The number of aliphatic hydroxyl groups excluding tert-OH is 1. The van der Waals surface area contributed by atoms with Gasteiger partial charge in [0.1, 0.15) is 60.1 Å². The van der Waals surface area contributed by atoms with Gasteiger partial charge in [0, 0.05) is 24.5 Å². The summed E-state index contributed by atoms with van der Waals surface area (Å²) >= 11 is 8.24. The zero-order valence-electron chi connectivity index (χ0n) is 45.1. The van der Waals surface area contributed by atoms with Gasteiger partial charge < -0.3 is 84.0 Å². The van der Waals surface area contributed by atoms with Crippen LogP contribution in [-0.2, 0) is 68.7 Å². The van der Waals surface area contributed by atoms with Gasteiger partial charge in [-0.05, 0) is 69.1 Å². The van der Waals surface area contributed by atoms with Crippen LogP contribution in [0.1, 0.15) is 85.6 Å². The van der Waals surface area contributed by atoms with Crippen molar-refractivity contribution in [3.63, 3.8) is 0 Å². The molecule has 0 radical (unpaired) electrons. The Balaban J connectivity index is 2.19. The largest absolute Gasteiger partial charge is 0.508 e. The Morgan fingerprint density at radius 1 is 0.600 bits per heavy atom. The lowest BCUT2D eigenvalue weighted by Gasteiger charge is -2.29. The van der Waals surface area contributed by atoms with Crippen LogP contribution in [0.5, 0.6) is 5.75 Å². The van der Waals surface area contributed by atoms with E-state index >= 15 is 0 Å². The minimum Gasteiger partial charge on any atom is -0.508 e. The van der Waals surface area contributed by atoms with E-state index in [1.54, 1.807) is 13.8 Å². The van der Waals surface area contributed by atoms with Crippen LogP contribution in [0, 0.1) is 11.8 Å². The summed E-state index contributed by atoms with van der Waals surface area (Å²) in [6.45, 7) is 8.76. The number of phenolic OH excluding ortho intramolecular Hbond substituents is 1. The summed E-state index contributed by atoms with van der Waals surface area (Å²) in [5.41, 5.74) is 6.46. The average Bonchev–Trinajstić information content (AvgIpc) is 3.87. The van der Waals surface area contributed by atoms with E-state index in [4.69, 9.17) is 10.8 Å². The number of amides is 10. The maximum Gasteiger partial charge on any atom is 0.326 e. The van der Waals surface area contributed by atoms with Crippen molar-refractivity contribution in [2.24, 2.45) is 17.6 Å². The number of likely N-dealkylation sites (tertiary alicyclic amines) is 1. The number of nitrogens with one attached hydrogen (secondary N) is 9. The smallest absolute Gasteiger partial charge is 0.326 e. The van der Waals surface area contributed by atoms with Crippen molar-refractivity contribution in [3.8, 4) is 5.75 Å². The first-order valence-corrected chi connectivity index (χ1v) is 26.8. The second-order valence-corrected chi connectivity index (χ2v) is 20.7. The van der Waals surface area contributed by atoms with Crippen LogP contribution < -0.4 is 53.6 Å². The molecule has 1 aliphatic rings. The van der Waals surface area contributed by atoms with Crippen molar-refractivity contribution >= 4 is 102 Å². The van der Waals surface area contributed by atoms with Crippen LogP contribution >= 0.6 is 25.3 Å². The summed E-state index contributed by atoms with van der Waals surface area (Å²) in [7, 11) is 0. The highest BCUT2D eigenvalue weighted by Gasteiger charge is 2.39. The van der Waals surface area contributed by atoms with Gasteiger partial charge in [0.05, 0.1) is 31.5 Å². The van der Waals surface area contributed by atoms with Crippen LogP contribution in [0.2, 0.25) is 0 Å². The first kappa shape index (κ1) is 68.9. The molecule has 16 N–H and O–H groups in total. The molecule has 0 unspecified atom stereocenters. The summed E-state index contributed by atoms with van der Waals surface area (Å²) in [5.74, 6) is -15.4. The first-order valence-electron chi connectivity index (χ1n) is 25.5. The molecule has 80 heavy (non-hydrogen) atoms. The van der Waals surface area contributed by atoms with Crippen LogP contribution in [0.25, 0.3) is 0 Å². The molecule has 31 heteroatoms. The summed E-state index contributed by atoms with van der Waals surface area (Å²) in [6.07, 6.45) is -2.83. The maximum atomic E-state index is 13.7. The normalized spacial score (nSPS) is 16.8. The minimum absolute atomic E-state index is 0.0576. The third-order valence-corrected chi connectivity index (χ3v) is 12.9. The molecule has 29 nitrogen and oxygen atoms in total. The number of carbonyl (C=O) groups is 13. The zero-order chi connectivity index (χ0) is 60.7. The number of carbonyl (C=O) groups excluding carboxylic acids is 10. The van der Waals surface area contributed by atoms with Gasteiger partial charge in [-0.2, -0.15) is 25.3 Å². The van der Waals surface area contributed by atoms with E-state index in [-0.39, 0.29) is 49.1 Å². The highest BCUT2D eigenvalue weighted by atomic mass is 32.1. The molecule has 1 heterocycles. The molecule has 11 atom stereocenters. The highest BCUT2D eigenvalue weighted by molar-refractivity contribution is 7.80. The van der Waals surface area contributed by atoms with Crippen molar-refractivity contribution in [1.29, 1.82) is 0 Å². The number of nitrogens with zero attached hydrogens (tertiary/aromatic N) is 1. The molecule has 1 aliphatic heterocycles. The molecular formula is C49H75N11O18S2. The number of nitrogens with two attached hydrogens (primary N) is 1. The van der Waals surface area contributed by atoms with E-state index in [9.17, 15) is 82.8 Å². The van der Waals surface area contributed by atoms with Gasteiger partial charge in [-0.3, -0.25) is 57.5 Å². The van der Waals surface area contributed by atoms with E-state index in [1.165, 1.54) is 36.1 Å². The van der Waals surface area contributed by atoms with Crippen LogP contribution in [0.3, 0.4) is 0 Å². The third kappa shape index (κ3) is 23.2. The molecule has 0 bridgehead atoms. The van der Waals surface area contributed by atoms with Gasteiger partial charge in [0.2, 0.25) is 59.1 Å². The number of hydrogen-bond donors (Lipinski definition) is 17. The molecule has 0 spiro atoms. The molecule has 10 amide bonds. The number of hydrogen-bond acceptors (Lipinski definition) is 18. The molecule has 446 valence electrons. The number of aromatic hydroxyl groups is 1. The second-order valence-electron chi connectivity index (χ2n) is 19.9. The van der Waals surface area contributed by atoms with Crippen molar-refractivity contribution in [2.45, 2.75) is 153 Å². The van der Waals surface area contributed by atoms with Crippen molar-refractivity contribution < 1.29 is 87.9 Å². The Morgan fingerprint density at radius 3 is 1.61 bits per heavy atom. The second kappa shape index (κ2) is 33.4. The molecule has 0 aliphatic carbocycles. The van der Waals surface area contributed by atoms with Crippen LogP contribution in [0.15, 0.2) is 24.3 Å². The Bertz CT molecular complexity index is 2400. The van der Waals surface area contributed by atoms with E-state index in [2.05, 4.69) is 73.1 Å². The zero-order valence-corrected chi connectivity index (χ0v) is 46.8. The SMILES string of the molecule is CC(C)C[C@H](NC(=O)[C@H](CS)NC(=O)[C@@H](NC(=O)CNC(=O)[C@H](Cc1ccc(O)cc1)NC(=O)[C@H](C)NC(=O)[C@H](CC(=O)O)NC(=O)[C@H](CS)NC(=O)[C@@H]1CCCN1C(=O)[C@@H](N)CC(C)C)[C@@H](C)O)C(=O)N[C@@H](CC(=O)O)C(=O)O. The fourth-order valence-corrected chi connectivity index (χ4v) is 8.51. The number of phenols is 1. The molecule has 2 rings (SSSR count). The van der Waals surface area contributed by atoms with Gasteiger partial charge in [0.25, 0.3) is 0 Å². The number of benzene rings is 1. The van der Waals surface area contributed by atoms with E-state index < -0.39 is 169 Å². The van der Waals surface area contributed by atoms with Gasteiger partial charge in [0.15, 0.2) is 0 Å².